The highest BCUT2D eigenvalue weighted by Gasteiger charge is 2.12. The van der Waals surface area contributed by atoms with Crippen molar-refractivity contribution in [3.8, 4) is 0 Å². The lowest BCUT2D eigenvalue weighted by atomic mass is 10.1. The van der Waals surface area contributed by atoms with Crippen molar-refractivity contribution < 1.29 is 9.59 Å². The SMILES string of the molecule is Cc1cc2ccccc2c(CNC(=O)C(=O)NN)n1. The zero-order valence-electron chi connectivity index (χ0n) is 10.4. The Labute approximate surface area is 110 Å². The van der Waals surface area contributed by atoms with Crippen LogP contribution in [0.2, 0.25) is 0 Å². The predicted molar refractivity (Wildman–Crippen MR) is 70.7 cm³/mol. The molecule has 0 aliphatic carbocycles. The van der Waals surface area contributed by atoms with E-state index in [1.807, 2.05) is 37.3 Å². The average Bonchev–Trinajstić information content (AvgIpc) is 2.43. The van der Waals surface area contributed by atoms with Gasteiger partial charge in [0.25, 0.3) is 0 Å². The van der Waals surface area contributed by atoms with Crippen molar-refractivity contribution in [2.45, 2.75) is 13.5 Å². The van der Waals surface area contributed by atoms with Gasteiger partial charge in [-0.15, -0.1) is 0 Å². The highest BCUT2D eigenvalue weighted by molar-refractivity contribution is 6.34. The third-order valence-corrected chi connectivity index (χ3v) is 2.70. The molecule has 0 radical (unpaired) electrons. The number of hydrogen-bond donors (Lipinski definition) is 3. The van der Waals surface area contributed by atoms with Crippen LogP contribution in [0.1, 0.15) is 11.4 Å². The lowest BCUT2D eigenvalue weighted by molar-refractivity contribution is -0.139. The summed E-state index contributed by atoms with van der Waals surface area (Å²) in [6.07, 6.45) is 0. The van der Waals surface area contributed by atoms with Crippen LogP contribution in [0.4, 0.5) is 0 Å². The number of aromatic nitrogens is 1. The number of carbonyl (C=O) groups excluding carboxylic acids is 2. The van der Waals surface area contributed by atoms with Crippen molar-refractivity contribution in [1.29, 1.82) is 0 Å². The summed E-state index contributed by atoms with van der Waals surface area (Å²) in [6, 6.07) is 9.70. The molecule has 0 atom stereocenters. The van der Waals surface area contributed by atoms with Gasteiger partial charge < -0.3 is 5.32 Å². The van der Waals surface area contributed by atoms with Gasteiger partial charge in [-0.05, 0) is 18.4 Å². The lowest BCUT2D eigenvalue weighted by Gasteiger charge is -2.08. The Morgan fingerprint density at radius 2 is 2.00 bits per heavy atom. The number of carbonyl (C=O) groups is 2. The number of pyridine rings is 1. The fourth-order valence-corrected chi connectivity index (χ4v) is 1.86. The molecule has 1 aromatic carbocycles. The van der Waals surface area contributed by atoms with Gasteiger partial charge in [0.1, 0.15) is 0 Å². The molecule has 0 unspecified atom stereocenters. The summed E-state index contributed by atoms with van der Waals surface area (Å²) in [5, 5.41) is 4.47. The number of benzene rings is 1. The summed E-state index contributed by atoms with van der Waals surface area (Å²) in [4.78, 5) is 26.7. The van der Waals surface area contributed by atoms with E-state index in [0.717, 1.165) is 16.5 Å². The first-order valence-electron chi connectivity index (χ1n) is 5.76. The molecule has 1 heterocycles. The molecule has 0 fully saturated rings. The number of aryl methyl sites for hydroxylation is 1. The quantitative estimate of drug-likeness (QED) is 0.309. The molecule has 0 aliphatic rings. The van der Waals surface area contributed by atoms with E-state index < -0.39 is 11.8 Å². The van der Waals surface area contributed by atoms with Crippen LogP contribution >= 0.6 is 0 Å². The summed E-state index contributed by atoms with van der Waals surface area (Å²) in [5.41, 5.74) is 3.35. The fourth-order valence-electron chi connectivity index (χ4n) is 1.86. The van der Waals surface area contributed by atoms with Gasteiger partial charge in [-0.25, -0.2) is 5.84 Å². The number of nitrogens with two attached hydrogens (primary N) is 1. The third kappa shape index (κ3) is 2.86. The van der Waals surface area contributed by atoms with E-state index in [-0.39, 0.29) is 6.54 Å². The minimum atomic E-state index is -0.878. The molecule has 6 heteroatoms. The Hall–Kier alpha value is -2.47. The molecule has 2 aromatic rings. The maximum atomic E-state index is 11.3. The maximum Gasteiger partial charge on any atom is 0.323 e. The van der Waals surface area contributed by atoms with Crippen molar-refractivity contribution in [2.75, 3.05) is 0 Å². The molecular formula is C13H14N4O2. The molecule has 0 aliphatic heterocycles. The summed E-state index contributed by atoms with van der Waals surface area (Å²) in [7, 11) is 0. The largest absolute Gasteiger partial charge is 0.342 e. The van der Waals surface area contributed by atoms with Crippen LogP contribution in [-0.4, -0.2) is 16.8 Å². The van der Waals surface area contributed by atoms with Gasteiger partial charge in [0.2, 0.25) is 0 Å². The molecule has 1 aromatic heterocycles. The zero-order valence-corrected chi connectivity index (χ0v) is 10.4. The molecule has 2 amide bonds. The lowest BCUT2D eigenvalue weighted by Crippen LogP contribution is -2.42. The van der Waals surface area contributed by atoms with E-state index in [0.29, 0.717) is 5.69 Å². The average molecular weight is 258 g/mol. The van der Waals surface area contributed by atoms with Crippen LogP contribution in [0.15, 0.2) is 30.3 Å². The highest BCUT2D eigenvalue weighted by Crippen LogP contribution is 2.17. The predicted octanol–water partition coefficient (Wildman–Crippen LogP) is 0.149. The molecule has 98 valence electrons. The van der Waals surface area contributed by atoms with Gasteiger partial charge in [-0.1, -0.05) is 24.3 Å². The Kier molecular flexibility index (Phi) is 3.72. The maximum absolute atomic E-state index is 11.3. The second-order valence-electron chi connectivity index (χ2n) is 4.09. The van der Waals surface area contributed by atoms with Gasteiger partial charge in [-0.2, -0.15) is 0 Å². The number of rotatable bonds is 2. The molecule has 0 spiro atoms. The van der Waals surface area contributed by atoms with E-state index in [1.165, 1.54) is 0 Å². The number of fused-ring (bicyclic) bond motifs is 1. The second kappa shape index (κ2) is 5.45. The molecule has 0 saturated carbocycles. The fraction of sp³-hybridized carbons (Fsp3) is 0.154. The Bertz CT molecular complexity index is 640. The van der Waals surface area contributed by atoms with Crippen LogP contribution in [0.3, 0.4) is 0 Å². The smallest absolute Gasteiger partial charge is 0.323 e. The Morgan fingerprint density at radius 1 is 1.26 bits per heavy atom. The van der Waals surface area contributed by atoms with Crippen molar-refractivity contribution in [3.63, 3.8) is 0 Å². The molecule has 0 saturated heterocycles. The standard InChI is InChI=1S/C13H14N4O2/c1-8-6-9-4-2-3-5-10(9)11(16-8)7-15-12(18)13(19)17-14/h2-6H,7,14H2,1H3,(H,15,18)(H,17,19). The van der Waals surface area contributed by atoms with Crippen LogP contribution in [0.25, 0.3) is 10.8 Å². The van der Waals surface area contributed by atoms with Crippen molar-refractivity contribution in [2.24, 2.45) is 5.84 Å². The number of nitrogens with one attached hydrogen (secondary N) is 2. The molecular weight excluding hydrogens is 244 g/mol. The van der Waals surface area contributed by atoms with E-state index in [4.69, 9.17) is 5.84 Å². The first kappa shape index (κ1) is 13.0. The molecule has 19 heavy (non-hydrogen) atoms. The summed E-state index contributed by atoms with van der Waals surface area (Å²) < 4.78 is 0. The number of amides is 2. The minimum absolute atomic E-state index is 0.175. The summed E-state index contributed by atoms with van der Waals surface area (Å²) in [5.74, 6) is 3.22. The number of nitrogens with zero attached hydrogens (tertiary/aromatic N) is 1. The van der Waals surface area contributed by atoms with Gasteiger partial charge in [0.05, 0.1) is 12.2 Å². The zero-order chi connectivity index (χ0) is 13.8. The van der Waals surface area contributed by atoms with Crippen molar-refractivity contribution in [3.05, 3.63) is 41.7 Å². The van der Waals surface area contributed by atoms with Crippen LogP contribution < -0.4 is 16.6 Å². The second-order valence-corrected chi connectivity index (χ2v) is 4.09. The van der Waals surface area contributed by atoms with Crippen LogP contribution in [0.5, 0.6) is 0 Å². The summed E-state index contributed by atoms with van der Waals surface area (Å²) in [6.45, 7) is 2.05. The normalized spacial score (nSPS) is 10.2. The van der Waals surface area contributed by atoms with Crippen LogP contribution in [0, 0.1) is 6.92 Å². The van der Waals surface area contributed by atoms with Gasteiger partial charge in [0.15, 0.2) is 0 Å². The monoisotopic (exact) mass is 258 g/mol. The van der Waals surface area contributed by atoms with Gasteiger partial charge >= 0.3 is 11.8 Å². The van der Waals surface area contributed by atoms with Gasteiger partial charge in [-0.3, -0.25) is 20.0 Å². The number of hydrazine groups is 1. The number of hydrogen-bond acceptors (Lipinski definition) is 4. The Balaban J connectivity index is 2.25. The minimum Gasteiger partial charge on any atom is -0.342 e. The molecule has 6 nitrogen and oxygen atoms in total. The molecule has 4 N–H and O–H groups in total. The van der Waals surface area contributed by atoms with Crippen molar-refractivity contribution in [1.82, 2.24) is 15.7 Å². The summed E-state index contributed by atoms with van der Waals surface area (Å²) >= 11 is 0. The highest BCUT2D eigenvalue weighted by atomic mass is 16.2. The van der Waals surface area contributed by atoms with Crippen molar-refractivity contribution >= 4 is 22.6 Å². The van der Waals surface area contributed by atoms with Crippen LogP contribution in [-0.2, 0) is 16.1 Å². The van der Waals surface area contributed by atoms with E-state index in [1.54, 1.807) is 5.43 Å². The topological polar surface area (TPSA) is 97.1 Å². The van der Waals surface area contributed by atoms with E-state index in [2.05, 4.69) is 10.3 Å². The van der Waals surface area contributed by atoms with Gasteiger partial charge in [0, 0.05) is 11.1 Å². The van der Waals surface area contributed by atoms with E-state index >= 15 is 0 Å². The molecule has 0 bridgehead atoms. The first-order chi connectivity index (χ1) is 9.11. The van der Waals surface area contributed by atoms with E-state index in [9.17, 15) is 9.59 Å². The molecule has 2 rings (SSSR count). The third-order valence-electron chi connectivity index (χ3n) is 2.70. The Morgan fingerprint density at radius 3 is 2.74 bits per heavy atom. The first-order valence-corrected chi connectivity index (χ1v) is 5.76.